The molecule has 0 aliphatic rings. The highest BCUT2D eigenvalue weighted by Crippen LogP contribution is 2.21. The van der Waals surface area contributed by atoms with Crippen LogP contribution in [-0.2, 0) is 19.1 Å². The van der Waals surface area contributed by atoms with Crippen LogP contribution in [0.4, 0.5) is 0 Å². The van der Waals surface area contributed by atoms with Crippen molar-refractivity contribution in [1.29, 1.82) is 0 Å². The molecule has 0 aromatic carbocycles. The summed E-state index contributed by atoms with van der Waals surface area (Å²) < 4.78 is 8.74. The Morgan fingerprint density at radius 3 is 1.64 bits per heavy atom. The van der Waals surface area contributed by atoms with Gasteiger partial charge in [-0.25, -0.2) is 0 Å². The van der Waals surface area contributed by atoms with Crippen LogP contribution in [0, 0.1) is 0 Å². The van der Waals surface area contributed by atoms with Gasteiger partial charge >= 0.3 is 11.9 Å². The van der Waals surface area contributed by atoms with Crippen molar-refractivity contribution in [3.05, 3.63) is 0 Å². The van der Waals surface area contributed by atoms with Crippen LogP contribution in [0.2, 0.25) is 0 Å². The summed E-state index contributed by atoms with van der Waals surface area (Å²) in [6.45, 7) is 8.71. The van der Waals surface area contributed by atoms with Gasteiger partial charge in [-0.15, -0.1) is 0 Å². The van der Waals surface area contributed by atoms with Gasteiger partial charge in [-0.2, -0.15) is 25.3 Å². The van der Waals surface area contributed by atoms with Gasteiger partial charge in [0.15, 0.2) is 0 Å². The van der Waals surface area contributed by atoms with Crippen LogP contribution in [0.5, 0.6) is 0 Å². The van der Waals surface area contributed by atoms with Gasteiger partial charge in [-0.3, -0.25) is 9.59 Å². The van der Waals surface area contributed by atoms with Crippen LogP contribution in [0.3, 0.4) is 0 Å². The summed E-state index contributed by atoms with van der Waals surface area (Å²) in [6.07, 6.45) is 4.95. The third-order valence-corrected chi connectivity index (χ3v) is 3.38. The minimum Gasteiger partial charge on any atom is -0.424 e. The monoisotopic (exact) mass is 350 g/mol. The highest BCUT2D eigenvalue weighted by atomic mass is 32.1. The normalized spacial score (nSPS) is 12.4. The Balaban J connectivity index is 4.56. The number of hydrogen-bond acceptors (Lipinski definition) is 6. The minimum atomic E-state index is -0.927. The van der Waals surface area contributed by atoms with Gasteiger partial charge in [-0.1, -0.05) is 32.6 Å². The summed E-state index contributed by atoms with van der Waals surface area (Å²) in [5, 5.41) is 0. The summed E-state index contributed by atoms with van der Waals surface area (Å²) >= 11 is 8.36. The summed E-state index contributed by atoms with van der Waals surface area (Å²) in [7, 11) is 0. The van der Waals surface area contributed by atoms with Crippen molar-refractivity contribution in [1.82, 2.24) is 0 Å². The third-order valence-electron chi connectivity index (χ3n) is 3.02. The first kappa shape index (κ1) is 21.6. The number of esters is 2. The number of carbonyl (C=O) groups is 2. The Bertz CT molecular complexity index is 328. The molecule has 22 heavy (non-hydrogen) atoms. The molecule has 0 spiro atoms. The molecule has 6 heteroatoms. The molecule has 0 bridgehead atoms. The average molecular weight is 351 g/mol. The van der Waals surface area contributed by atoms with Crippen LogP contribution < -0.4 is 0 Å². The largest absolute Gasteiger partial charge is 0.424 e. The van der Waals surface area contributed by atoms with Crippen molar-refractivity contribution in [3.63, 3.8) is 0 Å². The summed E-state index contributed by atoms with van der Waals surface area (Å²) in [5.74, 6) is -1.00. The SMILES string of the molecule is CCCCCCCC(OC(=O)C(C)(C)S)OC(=O)C(C)(C)S. The van der Waals surface area contributed by atoms with Gasteiger partial charge in [0.05, 0.1) is 0 Å². The second-order valence-electron chi connectivity index (χ2n) is 6.56. The highest BCUT2D eigenvalue weighted by Gasteiger charge is 2.32. The van der Waals surface area contributed by atoms with Gasteiger partial charge in [0.2, 0.25) is 6.29 Å². The standard InChI is InChI=1S/C16H30O4S2/c1-6-7-8-9-10-11-12(19-13(17)15(2,3)21)20-14(18)16(4,5)22/h12,21-22H,6-11H2,1-5H3. The fraction of sp³-hybridized carbons (Fsp3) is 0.875. The average Bonchev–Trinajstić information content (AvgIpc) is 2.35. The predicted octanol–water partition coefficient (Wildman–Crippen LogP) is 4.18. The Labute approximate surface area is 145 Å². The zero-order chi connectivity index (χ0) is 17.4. The van der Waals surface area contributed by atoms with E-state index in [2.05, 4.69) is 32.2 Å². The molecule has 0 atom stereocenters. The van der Waals surface area contributed by atoms with Crippen molar-refractivity contribution < 1.29 is 19.1 Å². The zero-order valence-corrected chi connectivity index (χ0v) is 16.1. The Morgan fingerprint density at radius 1 is 0.864 bits per heavy atom. The number of thiol groups is 2. The van der Waals surface area contributed by atoms with Gasteiger partial charge in [-0.05, 0) is 34.1 Å². The summed E-state index contributed by atoms with van der Waals surface area (Å²) in [5.41, 5.74) is 0. The molecule has 0 heterocycles. The van der Waals surface area contributed by atoms with E-state index in [0.29, 0.717) is 6.42 Å². The first-order valence-electron chi connectivity index (χ1n) is 7.85. The first-order valence-corrected chi connectivity index (χ1v) is 8.74. The summed E-state index contributed by atoms with van der Waals surface area (Å²) in [4.78, 5) is 23.9. The van der Waals surface area contributed by atoms with E-state index in [0.717, 1.165) is 25.7 Å². The predicted molar refractivity (Wildman–Crippen MR) is 95.5 cm³/mol. The molecule has 0 unspecified atom stereocenters. The van der Waals surface area contributed by atoms with Crippen LogP contribution >= 0.6 is 25.3 Å². The molecule has 130 valence electrons. The van der Waals surface area contributed by atoms with Gasteiger partial charge < -0.3 is 9.47 Å². The molecule has 0 aliphatic heterocycles. The van der Waals surface area contributed by atoms with Crippen molar-refractivity contribution >= 4 is 37.2 Å². The van der Waals surface area contributed by atoms with Crippen LogP contribution in [0.1, 0.15) is 73.1 Å². The van der Waals surface area contributed by atoms with Crippen LogP contribution in [-0.4, -0.2) is 27.7 Å². The van der Waals surface area contributed by atoms with E-state index < -0.39 is 27.7 Å². The van der Waals surface area contributed by atoms with E-state index in [-0.39, 0.29) is 0 Å². The molecule has 0 fully saturated rings. The Morgan fingerprint density at radius 2 is 1.27 bits per heavy atom. The van der Waals surface area contributed by atoms with Crippen molar-refractivity contribution in [2.75, 3.05) is 0 Å². The van der Waals surface area contributed by atoms with Crippen molar-refractivity contribution in [2.24, 2.45) is 0 Å². The van der Waals surface area contributed by atoms with Gasteiger partial charge in [0.1, 0.15) is 9.49 Å². The number of hydrogen-bond donors (Lipinski definition) is 2. The van der Waals surface area contributed by atoms with E-state index in [1.807, 2.05) is 0 Å². The fourth-order valence-electron chi connectivity index (χ4n) is 1.58. The Kier molecular flexibility index (Phi) is 9.55. The Hall–Kier alpha value is -0.360. The molecule has 0 rings (SSSR count). The van der Waals surface area contributed by atoms with E-state index in [9.17, 15) is 9.59 Å². The van der Waals surface area contributed by atoms with Crippen molar-refractivity contribution in [2.45, 2.75) is 88.9 Å². The fourth-order valence-corrected chi connectivity index (χ4v) is 1.69. The quantitative estimate of drug-likeness (QED) is 0.269. The molecule has 0 radical (unpaired) electrons. The lowest BCUT2D eigenvalue weighted by molar-refractivity contribution is -0.191. The third kappa shape index (κ3) is 9.62. The number of unbranched alkanes of at least 4 members (excludes halogenated alkanes) is 4. The summed E-state index contributed by atoms with van der Waals surface area (Å²) in [6, 6.07) is 0. The molecule has 0 saturated carbocycles. The molecule has 0 N–H and O–H groups in total. The molecule has 0 aromatic rings. The maximum Gasteiger partial charge on any atom is 0.324 e. The molecule has 0 saturated heterocycles. The van der Waals surface area contributed by atoms with Crippen molar-refractivity contribution in [3.8, 4) is 0 Å². The molecular weight excluding hydrogens is 320 g/mol. The van der Waals surface area contributed by atoms with Crippen LogP contribution in [0.15, 0.2) is 0 Å². The maximum atomic E-state index is 11.9. The minimum absolute atomic E-state index is 0.495. The number of rotatable bonds is 10. The van der Waals surface area contributed by atoms with E-state index >= 15 is 0 Å². The number of ether oxygens (including phenoxy) is 2. The molecule has 0 aromatic heterocycles. The number of carbonyl (C=O) groups excluding carboxylic acids is 2. The first-order chi connectivity index (χ1) is 9.98. The second-order valence-corrected chi connectivity index (χ2v) is 8.80. The lowest BCUT2D eigenvalue weighted by Gasteiger charge is -2.25. The van der Waals surface area contributed by atoms with Gasteiger partial charge in [0, 0.05) is 6.42 Å². The molecule has 0 amide bonds. The van der Waals surface area contributed by atoms with Crippen LogP contribution in [0.25, 0.3) is 0 Å². The highest BCUT2D eigenvalue weighted by molar-refractivity contribution is 7.82. The van der Waals surface area contributed by atoms with E-state index in [1.54, 1.807) is 27.7 Å². The lowest BCUT2D eigenvalue weighted by atomic mass is 10.1. The maximum absolute atomic E-state index is 11.9. The second kappa shape index (κ2) is 9.71. The molecular formula is C16H30O4S2. The van der Waals surface area contributed by atoms with Gasteiger partial charge in [0.25, 0.3) is 0 Å². The topological polar surface area (TPSA) is 52.6 Å². The smallest absolute Gasteiger partial charge is 0.324 e. The lowest BCUT2D eigenvalue weighted by Crippen LogP contribution is -2.37. The molecule has 0 aliphatic carbocycles. The molecule has 4 nitrogen and oxygen atoms in total. The zero-order valence-electron chi connectivity index (χ0n) is 14.3. The van der Waals surface area contributed by atoms with E-state index in [1.165, 1.54) is 6.42 Å². The van der Waals surface area contributed by atoms with E-state index in [4.69, 9.17) is 9.47 Å².